The Morgan fingerprint density at radius 2 is 0.733 bits per heavy atom. The zero-order chi connectivity index (χ0) is 22.0. The summed E-state index contributed by atoms with van der Waals surface area (Å²) in [7, 11) is 0. The Morgan fingerprint density at radius 1 is 0.467 bits per heavy atom. The van der Waals surface area contributed by atoms with Crippen LogP contribution in [0, 0.1) is 0 Å². The predicted molar refractivity (Wildman–Crippen MR) is 105 cm³/mol. The molecule has 3 aromatic rings. The van der Waals surface area contributed by atoms with Gasteiger partial charge < -0.3 is 20.4 Å². The summed E-state index contributed by atoms with van der Waals surface area (Å²) in [5, 5.41) is 37.3. The van der Waals surface area contributed by atoms with Gasteiger partial charge in [-0.3, -0.25) is 0 Å². The molecule has 4 N–H and O–H groups in total. The van der Waals surface area contributed by atoms with E-state index in [0.717, 1.165) is 12.1 Å². The Morgan fingerprint density at radius 3 is 0.967 bits per heavy atom. The van der Waals surface area contributed by atoms with Crippen LogP contribution in [0.3, 0.4) is 0 Å². The van der Waals surface area contributed by atoms with Crippen molar-refractivity contribution < 1.29 is 39.6 Å². The highest BCUT2D eigenvalue weighted by atomic mass is 16.4. The second-order valence-corrected chi connectivity index (χ2v) is 6.36. The molecule has 0 fully saturated rings. The second-order valence-electron chi connectivity index (χ2n) is 6.36. The largest absolute Gasteiger partial charge is 0.478 e. The van der Waals surface area contributed by atoms with Crippen molar-refractivity contribution in [3.05, 3.63) is 82.9 Å². The lowest BCUT2D eigenvalue weighted by Gasteiger charge is -2.13. The van der Waals surface area contributed by atoms with Crippen LogP contribution in [0.5, 0.6) is 0 Å². The molecule has 0 saturated carbocycles. The smallest absolute Gasteiger partial charge is 0.335 e. The predicted octanol–water partition coefficient (Wildman–Crippen LogP) is 3.81. The summed E-state index contributed by atoms with van der Waals surface area (Å²) < 4.78 is 0. The quantitative estimate of drug-likeness (QED) is 0.483. The molecule has 0 heterocycles. The molecule has 0 atom stereocenters. The molecule has 0 unspecified atom stereocenters. The van der Waals surface area contributed by atoms with Crippen molar-refractivity contribution >= 4 is 23.9 Å². The van der Waals surface area contributed by atoms with Gasteiger partial charge in [0.05, 0.1) is 22.3 Å². The summed E-state index contributed by atoms with van der Waals surface area (Å²) in [4.78, 5) is 45.7. The van der Waals surface area contributed by atoms with E-state index in [1.165, 1.54) is 24.3 Å². The van der Waals surface area contributed by atoms with E-state index in [-0.39, 0.29) is 33.4 Å². The topological polar surface area (TPSA) is 149 Å². The van der Waals surface area contributed by atoms with Gasteiger partial charge in [-0.2, -0.15) is 0 Å². The third-order valence-electron chi connectivity index (χ3n) is 4.40. The average Bonchev–Trinajstić information content (AvgIpc) is 2.72. The Hall–Kier alpha value is -4.46. The Kier molecular flexibility index (Phi) is 5.33. The zero-order valence-corrected chi connectivity index (χ0v) is 15.2. The van der Waals surface area contributed by atoms with Gasteiger partial charge in [0.25, 0.3) is 0 Å². The number of hydrogen-bond acceptors (Lipinski definition) is 4. The Labute approximate surface area is 169 Å². The molecule has 3 aromatic carbocycles. The molecule has 0 radical (unpaired) electrons. The zero-order valence-electron chi connectivity index (χ0n) is 15.2. The van der Waals surface area contributed by atoms with Crippen molar-refractivity contribution in [3.8, 4) is 22.3 Å². The minimum Gasteiger partial charge on any atom is -0.478 e. The first-order valence-electron chi connectivity index (χ1n) is 8.50. The van der Waals surface area contributed by atoms with E-state index in [2.05, 4.69) is 0 Å². The molecular weight excluding hydrogens is 392 g/mol. The summed E-state index contributed by atoms with van der Waals surface area (Å²) in [5.41, 5.74) is 0.468. The van der Waals surface area contributed by atoms with Gasteiger partial charge >= 0.3 is 23.9 Å². The van der Waals surface area contributed by atoms with Gasteiger partial charge in [-0.15, -0.1) is 0 Å². The summed E-state index contributed by atoms with van der Waals surface area (Å²) in [6, 6.07) is 13.8. The highest BCUT2D eigenvalue weighted by molar-refractivity contribution is 5.99. The standard InChI is InChI=1S/C22H14O8/c23-19(24)13-5-11(6-14(9-13)20(25)26)17-3-1-2-4-18(17)12-7-15(21(27)28)10-16(8-12)22(29)30/h1-10H,(H,23,24)(H,25,26)(H,27,28)(H,29,30). The number of carbonyl (C=O) groups is 4. The van der Waals surface area contributed by atoms with Crippen molar-refractivity contribution in [2.45, 2.75) is 0 Å². The van der Waals surface area contributed by atoms with E-state index in [4.69, 9.17) is 0 Å². The maximum absolute atomic E-state index is 11.4. The van der Waals surface area contributed by atoms with Crippen LogP contribution in [-0.2, 0) is 0 Å². The molecule has 30 heavy (non-hydrogen) atoms. The number of benzene rings is 3. The number of carboxylic acids is 4. The number of rotatable bonds is 6. The normalized spacial score (nSPS) is 10.4. The molecule has 0 aromatic heterocycles. The fraction of sp³-hybridized carbons (Fsp3) is 0. The van der Waals surface area contributed by atoms with Crippen LogP contribution in [0.25, 0.3) is 22.3 Å². The van der Waals surface area contributed by atoms with Gasteiger partial charge in [-0.05, 0) is 58.7 Å². The number of carboxylic acid groups (broad SMARTS) is 4. The van der Waals surface area contributed by atoms with Crippen LogP contribution in [0.1, 0.15) is 41.4 Å². The van der Waals surface area contributed by atoms with E-state index in [9.17, 15) is 39.6 Å². The van der Waals surface area contributed by atoms with Gasteiger partial charge in [0.1, 0.15) is 0 Å². The van der Waals surface area contributed by atoms with Gasteiger partial charge in [0.2, 0.25) is 0 Å². The lowest BCUT2D eigenvalue weighted by molar-refractivity contribution is 0.0676. The fourth-order valence-electron chi connectivity index (χ4n) is 3.05. The Balaban J connectivity index is 2.29. The van der Waals surface area contributed by atoms with Crippen LogP contribution in [-0.4, -0.2) is 44.3 Å². The van der Waals surface area contributed by atoms with E-state index >= 15 is 0 Å². The van der Waals surface area contributed by atoms with Crippen molar-refractivity contribution in [1.29, 1.82) is 0 Å². The number of aromatic carboxylic acids is 4. The molecule has 0 aliphatic rings. The van der Waals surface area contributed by atoms with Crippen LogP contribution < -0.4 is 0 Å². The summed E-state index contributed by atoms with van der Waals surface area (Å²) >= 11 is 0. The first kappa shape index (κ1) is 20.3. The molecule has 0 aliphatic carbocycles. The molecular formula is C22H14O8. The molecule has 3 rings (SSSR count). The first-order valence-corrected chi connectivity index (χ1v) is 8.50. The second kappa shape index (κ2) is 7.88. The van der Waals surface area contributed by atoms with Gasteiger partial charge in [-0.25, -0.2) is 19.2 Å². The monoisotopic (exact) mass is 406 g/mol. The van der Waals surface area contributed by atoms with Crippen LogP contribution in [0.2, 0.25) is 0 Å². The van der Waals surface area contributed by atoms with Gasteiger partial charge in [0, 0.05) is 0 Å². The lowest BCUT2D eigenvalue weighted by atomic mass is 9.91. The molecule has 0 spiro atoms. The molecule has 0 amide bonds. The number of hydrogen-bond donors (Lipinski definition) is 4. The highest BCUT2D eigenvalue weighted by Crippen LogP contribution is 2.34. The van der Waals surface area contributed by atoms with Crippen molar-refractivity contribution in [1.82, 2.24) is 0 Å². The van der Waals surface area contributed by atoms with E-state index in [1.807, 2.05) is 0 Å². The minimum absolute atomic E-state index is 0.231. The maximum Gasteiger partial charge on any atom is 0.335 e. The van der Waals surface area contributed by atoms with Crippen LogP contribution in [0.15, 0.2) is 60.7 Å². The minimum atomic E-state index is -1.31. The third kappa shape index (κ3) is 4.02. The van der Waals surface area contributed by atoms with Crippen LogP contribution >= 0.6 is 0 Å². The van der Waals surface area contributed by atoms with E-state index < -0.39 is 23.9 Å². The SMILES string of the molecule is O=C(O)c1cc(C(=O)O)cc(-c2ccccc2-c2cc(C(=O)O)cc(C(=O)O)c2)c1. The van der Waals surface area contributed by atoms with Gasteiger partial charge in [-0.1, -0.05) is 24.3 Å². The molecule has 150 valence electrons. The van der Waals surface area contributed by atoms with E-state index in [1.54, 1.807) is 24.3 Å². The molecule has 0 saturated heterocycles. The molecule has 0 bridgehead atoms. The van der Waals surface area contributed by atoms with E-state index in [0.29, 0.717) is 11.1 Å². The van der Waals surface area contributed by atoms with Gasteiger partial charge in [0.15, 0.2) is 0 Å². The summed E-state index contributed by atoms with van der Waals surface area (Å²) in [5.74, 6) is -5.23. The highest BCUT2D eigenvalue weighted by Gasteiger charge is 2.17. The molecule has 0 aliphatic heterocycles. The average molecular weight is 406 g/mol. The molecule has 8 nitrogen and oxygen atoms in total. The van der Waals surface area contributed by atoms with Crippen molar-refractivity contribution in [3.63, 3.8) is 0 Å². The van der Waals surface area contributed by atoms with Crippen molar-refractivity contribution in [2.24, 2.45) is 0 Å². The van der Waals surface area contributed by atoms with Crippen molar-refractivity contribution in [2.75, 3.05) is 0 Å². The fourth-order valence-corrected chi connectivity index (χ4v) is 3.05. The molecule has 8 heteroatoms. The Bertz CT molecular complexity index is 1050. The summed E-state index contributed by atoms with van der Waals surface area (Å²) in [6.45, 7) is 0. The summed E-state index contributed by atoms with van der Waals surface area (Å²) in [6.07, 6.45) is 0. The first-order chi connectivity index (χ1) is 14.2. The van der Waals surface area contributed by atoms with Crippen LogP contribution in [0.4, 0.5) is 0 Å². The maximum atomic E-state index is 11.4. The lowest BCUT2D eigenvalue weighted by Crippen LogP contribution is -2.04. The third-order valence-corrected chi connectivity index (χ3v) is 4.40.